The van der Waals surface area contributed by atoms with Gasteiger partial charge in [0.1, 0.15) is 5.92 Å². The number of halogens is 2. The van der Waals surface area contributed by atoms with Crippen LogP contribution in [0.2, 0.25) is 5.02 Å². The number of hydrogen-bond acceptors (Lipinski definition) is 4. The van der Waals surface area contributed by atoms with Crippen LogP contribution in [0.3, 0.4) is 0 Å². The molecule has 2 rings (SSSR count). The molecule has 0 spiro atoms. The number of aliphatic carboxylic acids is 2. The van der Waals surface area contributed by atoms with Gasteiger partial charge in [0.15, 0.2) is 0 Å². The second-order valence-electron chi connectivity index (χ2n) is 5.51. The third-order valence-electron chi connectivity index (χ3n) is 3.88. The molecule has 2 unspecified atom stereocenters. The van der Waals surface area contributed by atoms with Crippen molar-refractivity contribution in [1.29, 1.82) is 0 Å². The predicted molar refractivity (Wildman–Crippen MR) is 94.6 cm³/mol. The molecule has 0 bridgehead atoms. The van der Waals surface area contributed by atoms with E-state index >= 15 is 0 Å². The fourth-order valence-electron chi connectivity index (χ4n) is 2.90. The quantitative estimate of drug-likeness (QED) is 0.554. The summed E-state index contributed by atoms with van der Waals surface area (Å²) in [6.45, 7) is 1.74. The molecule has 0 saturated heterocycles. The molecule has 1 aromatic carbocycles. The second kappa shape index (κ2) is 8.47. The molecule has 0 radical (unpaired) electrons. The van der Waals surface area contributed by atoms with E-state index < -0.39 is 23.8 Å². The van der Waals surface area contributed by atoms with Crippen molar-refractivity contribution in [3.8, 4) is 0 Å². The topological polar surface area (TPSA) is 96.2 Å². The number of alkyl halides is 1. The van der Waals surface area contributed by atoms with Crippen LogP contribution in [0.25, 0.3) is 0 Å². The summed E-state index contributed by atoms with van der Waals surface area (Å²) in [6, 6.07) is 6.52. The zero-order valence-corrected chi connectivity index (χ0v) is 14.9. The Kier molecular flexibility index (Phi) is 6.58. The Labute approximate surface area is 154 Å². The molecule has 1 heterocycles. The molecule has 2 atom stereocenters. The number of carboxylic acids is 2. The molecule has 0 aliphatic carbocycles. The molecular weight excluding hydrogens is 369 g/mol. The van der Waals surface area contributed by atoms with Gasteiger partial charge in [-0.05, 0) is 24.6 Å². The number of aliphatic imine (C=N–C) groups is 1. The monoisotopic (exact) mass is 385 g/mol. The van der Waals surface area contributed by atoms with Gasteiger partial charge in [0.25, 0.3) is 0 Å². The zero-order valence-electron chi connectivity index (χ0n) is 13.4. The van der Waals surface area contributed by atoms with Crippen molar-refractivity contribution in [3.05, 3.63) is 46.1 Å². The number of hydrogen-bond donors (Lipinski definition) is 2. The second-order valence-corrected chi connectivity index (χ2v) is 6.32. The van der Waals surface area contributed by atoms with Gasteiger partial charge in [-0.25, -0.2) is 4.79 Å². The van der Waals surface area contributed by atoms with Crippen molar-refractivity contribution in [2.24, 2.45) is 10.9 Å². The maximum absolute atomic E-state index is 11.9. The van der Waals surface area contributed by atoms with Crippen molar-refractivity contribution in [1.82, 2.24) is 0 Å². The molecule has 25 heavy (non-hydrogen) atoms. The maximum atomic E-state index is 11.9. The molecule has 6 nitrogen and oxygen atoms in total. The van der Waals surface area contributed by atoms with Gasteiger partial charge in [0, 0.05) is 22.5 Å². The van der Waals surface area contributed by atoms with Crippen molar-refractivity contribution < 1.29 is 24.5 Å². The molecule has 8 heteroatoms. The number of carboxylic acid groups (broad SMARTS) is 2. The molecule has 2 N–H and O–H groups in total. The Morgan fingerprint density at radius 3 is 2.60 bits per heavy atom. The van der Waals surface area contributed by atoms with Crippen molar-refractivity contribution in [2.45, 2.75) is 12.8 Å². The van der Waals surface area contributed by atoms with E-state index in [2.05, 4.69) is 4.99 Å². The smallest absolute Gasteiger partial charge is 0.334 e. The van der Waals surface area contributed by atoms with Gasteiger partial charge < -0.3 is 14.9 Å². The minimum atomic E-state index is -1.24. The summed E-state index contributed by atoms with van der Waals surface area (Å²) in [7, 11) is 0. The van der Waals surface area contributed by atoms with E-state index in [-0.39, 0.29) is 30.4 Å². The molecule has 1 aliphatic rings. The Morgan fingerprint density at radius 1 is 1.32 bits per heavy atom. The van der Waals surface area contributed by atoms with E-state index in [1.54, 1.807) is 31.2 Å². The third kappa shape index (κ3) is 4.39. The average Bonchev–Trinajstić information content (AvgIpc) is 2.53. The maximum Gasteiger partial charge on any atom is 0.334 e. The molecule has 0 amide bonds. The molecule has 1 aromatic rings. The van der Waals surface area contributed by atoms with Gasteiger partial charge >= 0.3 is 11.9 Å². The summed E-state index contributed by atoms with van der Waals surface area (Å²) < 4.78 is 5.32. The molecule has 1 aliphatic heterocycles. The van der Waals surface area contributed by atoms with Crippen LogP contribution >= 0.6 is 23.2 Å². The third-order valence-corrected chi connectivity index (χ3v) is 4.27. The van der Waals surface area contributed by atoms with Gasteiger partial charge in [-0.3, -0.25) is 9.79 Å². The summed E-state index contributed by atoms with van der Waals surface area (Å²) in [4.78, 5) is 27.9. The average molecular weight is 386 g/mol. The van der Waals surface area contributed by atoms with E-state index in [0.717, 1.165) is 0 Å². The Balaban J connectivity index is 2.60. The van der Waals surface area contributed by atoms with Crippen LogP contribution in [0.5, 0.6) is 0 Å². The molecule has 0 fully saturated rings. The van der Waals surface area contributed by atoms with Crippen LogP contribution in [0.15, 0.2) is 40.5 Å². The van der Waals surface area contributed by atoms with Crippen LogP contribution in [-0.4, -0.2) is 47.0 Å². The highest BCUT2D eigenvalue weighted by atomic mass is 35.5. The van der Waals surface area contributed by atoms with Crippen LogP contribution in [-0.2, 0) is 14.3 Å². The summed E-state index contributed by atoms with van der Waals surface area (Å²) in [6.07, 6.45) is 0. The summed E-state index contributed by atoms with van der Waals surface area (Å²) >= 11 is 11.6. The van der Waals surface area contributed by atoms with Crippen molar-refractivity contribution >= 4 is 40.9 Å². The summed E-state index contributed by atoms with van der Waals surface area (Å²) in [5.74, 6) is -4.14. The lowest BCUT2D eigenvalue weighted by Gasteiger charge is -2.30. The summed E-state index contributed by atoms with van der Waals surface area (Å²) in [5.41, 5.74) is 0.903. The van der Waals surface area contributed by atoms with Crippen LogP contribution in [0, 0.1) is 5.92 Å². The standard InChI is InChI=1S/C17H17Cl2NO5/c1-9-13(16(21)22)14(10-3-2-4-11(19)7-10)15(17(23)24)12(20-9)8-25-6-5-18/h2-4,7,13-14H,5-6,8H2,1H3,(H,21,22)(H,23,24). The highest BCUT2D eigenvalue weighted by molar-refractivity contribution is 6.30. The Bertz CT molecular complexity index is 744. The lowest BCUT2D eigenvalue weighted by molar-refractivity contribution is -0.140. The first kappa shape index (κ1) is 19.4. The SMILES string of the molecule is CC1=NC(COCCCl)=C(C(=O)O)C(c2cccc(Cl)c2)C1C(=O)O. The van der Waals surface area contributed by atoms with Crippen molar-refractivity contribution in [3.63, 3.8) is 0 Å². The van der Waals surface area contributed by atoms with Crippen molar-refractivity contribution in [2.75, 3.05) is 19.1 Å². The number of nitrogens with zero attached hydrogens (tertiary/aromatic N) is 1. The highest BCUT2D eigenvalue weighted by Gasteiger charge is 2.41. The van der Waals surface area contributed by atoms with E-state index in [4.69, 9.17) is 27.9 Å². The Morgan fingerprint density at radius 2 is 2.04 bits per heavy atom. The first-order chi connectivity index (χ1) is 11.9. The van der Waals surface area contributed by atoms with E-state index in [1.807, 2.05) is 0 Å². The summed E-state index contributed by atoms with van der Waals surface area (Å²) in [5, 5.41) is 19.7. The number of carbonyl (C=O) groups is 2. The van der Waals surface area contributed by atoms with Crippen LogP contribution in [0.1, 0.15) is 18.4 Å². The lowest BCUT2D eigenvalue weighted by Crippen LogP contribution is -2.35. The van der Waals surface area contributed by atoms with Gasteiger partial charge in [-0.1, -0.05) is 23.7 Å². The molecular formula is C17H17Cl2NO5. The number of ether oxygens (including phenoxy) is 1. The van der Waals surface area contributed by atoms with E-state index in [1.165, 1.54) is 0 Å². The van der Waals surface area contributed by atoms with Gasteiger partial charge in [-0.2, -0.15) is 0 Å². The van der Waals surface area contributed by atoms with Crippen LogP contribution in [0.4, 0.5) is 0 Å². The number of rotatable bonds is 7. The fraction of sp³-hybridized carbons (Fsp3) is 0.353. The van der Waals surface area contributed by atoms with Gasteiger partial charge in [-0.15, -0.1) is 11.6 Å². The Hall–Kier alpha value is -1.89. The largest absolute Gasteiger partial charge is 0.481 e. The number of benzene rings is 1. The lowest BCUT2D eigenvalue weighted by atomic mass is 9.75. The first-order valence-corrected chi connectivity index (χ1v) is 8.41. The highest BCUT2D eigenvalue weighted by Crippen LogP contribution is 2.39. The predicted octanol–water partition coefficient (Wildman–Crippen LogP) is 3.19. The normalized spacial score (nSPS) is 20.4. The minimum absolute atomic E-state index is 0.0604. The minimum Gasteiger partial charge on any atom is -0.481 e. The first-order valence-electron chi connectivity index (χ1n) is 7.50. The van der Waals surface area contributed by atoms with E-state index in [0.29, 0.717) is 16.3 Å². The molecule has 134 valence electrons. The molecule has 0 aromatic heterocycles. The fourth-order valence-corrected chi connectivity index (χ4v) is 3.21. The zero-order chi connectivity index (χ0) is 18.6. The van der Waals surface area contributed by atoms with Gasteiger partial charge in [0.05, 0.1) is 24.5 Å². The van der Waals surface area contributed by atoms with E-state index in [9.17, 15) is 19.8 Å². The molecule has 0 saturated carbocycles. The van der Waals surface area contributed by atoms with Crippen LogP contribution < -0.4 is 0 Å². The van der Waals surface area contributed by atoms with Gasteiger partial charge in [0.2, 0.25) is 0 Å².